The van der Waals surface area contributed by atoms with Crippen LogP contribution < -0.4 is 10.1 Å². The number of ether oxygens (including phenoxy) is 1. The van der Waals surface area contributed by atoms with Gasteiger partial charge in [0.05, 0.1) is 29.8 Å². The Kier molecular flexibility index (Phi) is 5.18. The zero-order chi connectivity index (χ0) is 20.4. The van der Waals surface area contributed by atoms with Gasteiger partial charge in [-0.05, 0) is 30.7 Å². The number of hydrogen-bond acceptors (Lipinski definition) is 5. The average Bonchev–Trinajstić information content (AvgIpc) is 3.12. The molecule has 0 spiro atoms. The monoisotopic (exact) mass is 407 g/mol. The maximum Gasteiger partial charge on any atom is 0.257 e. The first-order chi connectivity index (χ1) is 14.1. The van der Waals surface area contributed by atoms with E-state index in [1.54, 1.807) is 26.2 Å². The van der Waals surface area contributed by atoms with Crippen molar-refractivity contribution >= 4 is 28.6 Å². The minimum absolute atomic E-state index is 0.296. The fourth-order valence-corrected chi connectivity index (χ4v) is 3.47. The first kappa shape index (κ1) is 19.0. The molecule has 0 bridgehead atoms. The van der Waals surface area contributed by atoms with Crippen LogP contribution in [0.1, 0.15) is 33.2 Å². The summed E-state index contributed by atoms with van der Waals surface area (Å²) in [6.45, 7) is 1.80. The Morgan fingerprint density at radius 2 is 1.86 bits per heavy atom. The molecule has 2 heterocycles. The molecule has 0 aliphatic heterocycles. The van der Waals surface area contributed by atoms with E-state index in [9.17, 15) is 4.79 Å². The Morgan fingerprint density at radius 3 is 2.62 bits per heavy atom. The van der Waals surface area contributed by atoms with Crippen LogP contribution in [0.2, 0.25) is 5.02 Å². The molecule has 1 amide bonds. The van der Waals surface area contributed by atoms with E-state index >= 15 is 0 Å². The van der Waals surface area contributed by atoms with Crippen LogP contribution in [0, 0.1) is 6.92 Å². The summed E-state index contributed by atoms with van der Waals surface area (Å²) in [6, 6.07) is 16.1. The molecule has 2 aromatic heterocycles. The highest BCUT2D eigenvalue weighted by Gasteiger charge is 2.23. The van der Waals surface area contributed by atoms with E-state index < -0.39 is 6.04 Å². The molecule has 0 saturated heterocycles. The van der Waals surface area contributed by atoms with Crippen LogP contribution in [0.25, 0.3) is 11.1 Å². The van der Waals surface area contributed by atoms with E-state index in [1.165, 1.54) is 6.20 Å². The smallest absolute Gasteiger partial charge is 0.257 e. The molecule has 29 heavy (non-hydrogen) atoms. The van der Waals surface area contributed by atoms with Gasteiger partial charge in [-0.3, -0.25) is 4.79 Å². The van der Waals surface area contributed by atoms with Gasteiger partial charge in [-0.15, -0.1) is 0 Å². The zero-order valence-electron chi connectivity index (χ0n) is 15.8. The second kappa shape index (κ2) is 7.93. The van der Waals surface area contributed by atoms with E-state index in [1.807, 2.05) is 42.5 Å². The quantitative estimate of drug-likeness (QED) is 0.518. The third-order valence-electron chi connectivity index (χ3n) is 4.71. The molecule has 0 saturated carbocycles. The Morgan fingerprint density at radius 1 is 1.14 bits per heavy atom. The summed E-state index contributed by atoms with van der Waals surface area (Å²) in [5, 5.41) is 8.19. The Balaban J connectivity index is 1.76. The number of rotatable bonds is 5. The number of benzene rings is 2. The second-order valence-electron chi connectivity index (χ2n) is 6.51. The maximum atomic E-state index is 13.1. The van der Waals surface area contributed by atoms with Gasteiger partial charge in [0.2, 0.25) is 0 Å². The number of carbonyl (C=O) groups is 1. The topological polar surface area (TPSA) is 77.2 Å². The van der Waals surface area contributed by atoms with E-state index in [4.69, 9.17) is 20.9 Å². The summed E-state index contributed by atoms with van der Waals surface area (Å²) in [7, 11) is 1.59. The fourth-order valence-electron chi connectivity index (χ4n) is 3.22. The summed E-state index contributed by atoms with van der Waals surface area (Å²) in [6.07, 6.45) is 1.47. The molecule has 4 rings (SSSR count). The number of aromatic nitrogens is 2. The van der Waals surface area contributed by atoms with Gasteiger partial charge in [-0.2, -0.15) is 0 Å². The van der Waals surface area contributed by atoms with Gasteiger partial charge in [-0.25, -0.2) is 4.98 Å². The van der Waals surface area contributed by atoms with E-state index in [-0.39, 0.29) is 5.91 Å². The number of methoxy groups -OCH3 is 1. The number of aryl methyl sites for hydroxylation is 1. The highest BCUT2D eigenvalue weighted by molar-refractivity contribution is 6.31. The maximum absolute atomic E-state index is 13.1. The van der Waals surface area contributed by atoms with Crippen LogP contribution in [0.4, 0.5) is 0 Å². The number of carbonyl (C=O) groups excluding carboxylic acids is 1. The molecule has 4 aromatic rings. The molecular weight excluding hydrogens is 390 g/mol. The number of hydrogen-bond donors (Lipinski definition) is 1. The Labute approximate surface area is 172 Å². The molecule has 6 nitrogen and oxygen atoms in total. The number of pyridine rings is 1. The normalized spacial score (nSPS) is 12.0. The average molecular weight is 408 g/mol. The molecule has 1 N–H and O–H groups in total. The summed E-state index contributed by atoms with van der Waals surface area (Å²) >= 11 is 6.45. The van der Waals surface area contributed by atoms with E-state index in [2.05, 4.69) is 15.5 Å². The van der Waals surface area contributed by atoms with Crippen molar-refractivity contribution in [2.45, 2.75) is 13.0 Å². The van der Waals surface area contributed by atoms with Gasteiger partial charge in [0, 0.05) is 16.8 Å². The van der Waals surface area contributed by atoms with Crippen molar-refractivity contribution in [3.63, 3.8) is 0 Å². The third kappa shape index (κ3) is 3.67. The van der Waals surface area contributed by atoms with Crippen molar-refractivity contribution in [3.05, 3.63) is 88.2 Å². The van der Waals surface area contributed by atoms with Crippen molar-refractivity contribution in [1.82, 2.24) is 15.5 Å². The zero-order valence-corrected chi connectivity index (χ0v) is 16.6. The number of para-hydroxylation sites is 1. The molecule has 0 aliphatic rings. The van der Waals surface area contributed by atoms with Gasteiger partial charge in [0.25, 0.3) is 11.6 Å². The van der Waals surface area contributed by atoms with Gasteiger partial charge < -0.3 is 14.6 Å². The standard InChI is InChI=1S/C22H18ClN3O3/c1-13-17-11-14(12-24-22(17)29-26-13)21(27)25-20(15-7-3-5-9-18(15)23)16-8-4-6-10-19(16)28-2/h3-12,20H,1-2H3,(H,25,27). The van der Waals surface area contributed by atoms with E-state index in [0.717, 1.165) is 11.1 Å². The molecular formula is C22H18ClN3O3. The summed E-state index contributed by atoms with van der Waals surface area (Å²) < 4.78 is 10.6. The lowest BCUT2D eigenvalue weighted by molar-refractivity contribution is 0.0942. The van der Waals surface area contributed by atoms with Crippen molar-refractivity contribution in [2.24, 2.45) is 0 Å². The molecule has 1 unspecified atom stereocenters. The fraction of sp³-hybridized carbons (Fsp3) is 0.136. The lowest BCUT2D eigenvalue weighted by atomic mass is 9.97. The lowest BCUT2D eigenvalue weighted by Gasteiger charge is -2.23. The Bertz CT molecular complexity index is 1190. The largest absolute Gasteiger partial charge is 0.496 e. The highest BCUT2D eigenvalue weighted by Crippen LogP contribution is 2.33. The van der Waals surface area contributed by atoms with Gasteiger partial charge in [0.15, 0.2) is 0 Å². The molecule has 146 valence electrons. The van der Waals surface area contributed by atoms with Crippen LogP contribution >= 0.6 is 11.6 Å². The lowest BCUT2D eigenvalue weighted by Crippen LogP contribution is -2.30. The molecule has 1 atom stereocenters. The number of fused-ring (bicyclic) bond motifs is 1. The SMILES string of the molecule is COc1ccccc1C(NC(=O)c1cnc2onc(C)c2c1)c1ccccc1Cl. The van der Waals surface area contributed by atoms with Gasteiger partial charge >= 0.3 is 0 Å². The summed E-state index contributed by atoms with van der Waals surface area (Å²) in [5.74, 6) is 0.358. The van der Waals surface area contributed by atoms with Crippen molar-refractivity contribution in [3.8, 4) is 5.75 Å². The Hall–Kier alpha value is -3.38. The van der Waals surface area contributed by atoms with Crippen LogP contribution in [-0.2, 0) is 0 Å². The van der Waals surface area contributed by atoms with Crippen molar-refractivity contribution < 1.29 is 14.1 Å². The number of amides is 1. The minimum Gasteiger partial charge on any atom is -0.496 e. The summed E-state index contributed by atoms with van der Waals surface area (Å²) in [4.78, 5) is 17.3. The highest BCUT2D eigenvalue weighted by atomic mass is 35.5. The third-order valence-corrected chi connectivity index (χ3v) is 5.06. The predicted molar refractivity (Wildman–Crippen MR) is 110 cm³/mol. The molecule has 7 heteroatoms. The van der Waals surface area contributed by atoms with Gasteiger partial charge in [-0.1, -0.05) is 53.2 Å². The summed E-state index contributed by atoms with van der Waals surface area (Å²) in [5.41, 5.74) is 3.03. The predicted octanol–water partition coefficient (Wildman–Crippen LogP) is 4.71. The van der Waals surface area contributed by atoms with Crippen LogP contribution in [-0.4, -0.2) is 23.2 Å². The van der Waals surface area contributed by atoms with Crippen molar-refractivity contribution in [1.29, 1.82) is 0 Å². The molecule has 2 aromatic carbocycles. The van der Waals surface area contributed by atoms with E-state index in [0.29, 0.717) is 33.1 Å². The first-order valence-electron chi connectivity index (χ1n) is 8.98. The second-order valence-corrected chi connectivity index (χ2v) is 6.92. The number of nitrogens with zero attached hydrogens (tertiary/aromatic N) is 2. The van der Waals surface area contributed by atoms with Crippen molar-refractivity contribution in [2.75, 3.05) is 7.11 Å². The first-order valence-corrected chi connectivity index (χ1v) is 9.36. The number of nitrogens with one attached hydrogen (secondary N) is 1. The van der Waals surface area contributed by atoms with Crippen LogP contribution in [0.5, 0.6) is 5.75 Å². The molecule has 0 radical (unpaired) electrons. The molecule has 0 fully saturated rings. The number of halogens is 1. The van der Waals surface area contributed by atoms with Crippen LogP contribution in [0.3, 0.4) is 0 Å². The molecule has 0 aliphatic carbocycles. The minimum atomic E-state index is -0.508. The van der Waals surface area contributed by atoms with Gasteiger partial charge in [0.1, 0.15) is 5.75 Å². The van der Waals surface area contributed by atoms with Crippen LogP contribution in [0.15, 0.2) is 65.3 Å².